The van der Waals surface area contributed by atoms with E-state index in [1.165, 1.54) is 24.9 Å². The minimum atomic E-state index is -1.08. The molecule has 0 amide bonds. The molecule has 31 heavy (non-hydrogen) atoms. The Hall–Kier alpha value is -3.20. The van der Waals surface area contributed by atoms with Gasteiger partial charge in [0, 0.05) is 10.9 Å². The summed E-state index contributed by atoms with van der Waals surface area (Å²) in [6, 6.07) is 10.3. The molecule has 9 heteroatoms. The molecule has 1 aromatic heterocycles. The summed E-state index contributed by atoms with van der Waals surface area (Å²) < 4.78 is 12.8. The number of rotatable bonds is 8. The number of aliphatic carboxylic acids is 1. The van der Waals surface area contributed by atoms with Crippen molar-refractivity contribution in [3.8, 4) is 11.5 Å². The van der Waals surface area contributed by atoms with Crippen LogP contribution in [0, 0.1) is 0 Å². The van der Waals surface area contributed by atoms with E-state index in [9.17, 15) is 9.59 Å². The van der Waals surface area contributed by atoms with Crippen molar-refractivity contribution in [2.75, 3.05) is 7.11 Å². The number of aromatic nitrogens is 2. The molecule has 1 N–H and O–H groups in total. The van der Waals surface area contributed by atoms with Gasteiger partial charge in [-0.2, -0.15) is 9.78 Å². The molecular weight excluding hydrogens is 466 g/mol. The number of carboxylic acid groups (broad SMARTS) is 1. The largest absolute Gasteiger partial charge is 0.493 e. The van der Waals surface area contributed by atoms with Gasteiger partial charge >= 0.3 is 5.97 Å². The molecule has 0 unspecified atom stereocenters. The second-order valence-corrected chi connectivity index (χ2v) is 7.73. The number of fused-ring (bicyclic) bond motifs is 1. The van der Waals surface area contributed by atoms with Crippen molar-refractivity contribution in [3.05, 3.63) is 62.6 Å². The van der Waals surface area contributed by atoms with E-state index in [4.69, 9.17) is 14.6 Å². The van der Waals surface area contributed by atoms with Gasteiger partial charge in [0.2, 0.25) is 0 Å². The third-order valence-electron chi connectivity index (χ3n) is 4.51. The SMILES string of the molecule is CCCc1nc2ccc(Br)cc2c(=O)n1N=Cc1ccc(O[C@@H](C)C(=O)O)c(OC)c1. The summed E-state index contributed by atoms with van der Waals surface area (Å²) in [5, 5.41) is 13.9. The van der Waals surface area contributed by atoms with E-state index in [1.54, 1.807) is 30.3 Å². The molecule has 2 aromatic carbocycles. The van der Waals surface area contributed by atoms with Gasteiger partial charge in [0.25, 0.3) is 5.56 Å². The predicted octanol–water partition coefficient (Wildman–Crippen LogP) is 3.85. The first-order chi connectivity index (χ1) is 14.8. The second-order valence-electron chi connectivity index (χ2n) is 6.81. The van der Waals surface area contributed by atoms with E-state index in [0.29, 0.717) is 40.2 Å². The first kappa shape index (κ1) is 22.5. The van der Waals surface area contributed by atoms with Crippen molar-refractivity contribution in [1.29, 1.82) is 0 Å². The quantitative estimate of drug-likeness (QED) is 0.484. The van der Waals surface area contributed by atoms with Crippen LogP contribution in [0.4, 0.5) is 0 Å². The fourth-order valence-corrected chi connectivity index (χ4v) is 3.29. The van der Waals surface area contributed by atoms with E-state index in [2.05, 4.69) is 26.0 Å². The summed E-state index contributed by atoms with van der Waals surface area (Å²) in [6.45, 7) is 3.44. The Bertz CT molecular complexity index is 1210. The molecule has 0 spiro atoms. The van der Waals surface area contributed by atoms with Gasteiger partial charge in [-0.3, -0.25) is 4.79 Å². The average molecular weight is 488 g/mol. The summed E-state index contributed by atoms with van der Waals surface area (Å²) >= 11 is 3.39. The Morgan fingerprint density at radius 1 is 1.29 bits per heavy atom. The third-order valence-corrected chi connectivity index (χ3v) is 5.00. The van der Waals surface area contributed by atoms with Crippen molar-refractivity contribution in [2.24, 2.45) is 5.10 Å². The van der Waals surface area contributed by atoms with Crippen LogP contribution >= 0.6 is 15.9 Å². The van der Waals surface area contributed by atoms with Crippen LogP contribution in [-0.4, -0.2) is 40.2 Å². The van der Waals surface area contributed by atoms with Gasteiger partial charge in [0.1, 0.15) is 5.82 Å². The topological polar surface area (TPSA) is 103 Å². The van der Waals surface area contributed by atoms with E-state index >= 15 is 0 Å². The maximum atomic E-state index is 13.0. The Kier molecular flexibility index (Phi) is 7.06. The molecule has 0 saturated heterocycles. The second kappa shape index (κ2) is 9.74. The minimum Gasteiger partial charge on any atom is -0.493 e. The number of carboxylic acids is 1. The van der Waals surface area contributed by atoms with Gasteiger partial charge in [-0.25, -0.2) is 9.78 Å². The third kappa shape index (κ3) is 5.11. The van der Waals surface area contributed by atoms with Crippen molar-refractivity contribution >= 4 is 39.0 Å². The summed E-state index contributed by atoms with van der Waals surface area (Å²) in [7, 11) is 1.46. The zero-order chi connectivity index (χ0) is 22.5. The number of ether oxygens (including phenoxy) is 2. The van der Waals surface area contributed by atoms with E-state index < -0.39 is 12.1 Å². The molecule has 3 aromatic rings. The summed E-state index contributed by atoms with van der Waals surface area (Å²) in [4.78, 5) is 28.7. The molecule has 0 fully saturated rings. The standard InChI is InChI=1S/C22H22BrN3O5/c1-4-5-20-25-17-8-7-15(23)11-16(17)21(27)26(20)24-12-14-6-9-18(19(10-14)30-3)31-13(2)22(28)29/h6-13H,4-5H2,1-3H3,(H,28,29)/t13-/m0/s1. The zero-order valence-electron chi connectivity index (χ0n) is 17.3. The van der Waals surface area contributed by atoms with Gasteiger partial charge in [-0.15, -0.1) is 0 Å². The molecule has 0 aliphatic carbocycles. The predicted molar refractivity (Wildman–Crippen MR) is 121 cm³/mol. The molecule has 0 bridgehead atoms. The number of aryl methyl sites for hydroxylation is 1. The number of carbonyl (C=O) groups is 1. The highest BCUT2D eigenvalue weighted by atomic mass is 79.9. The van der Waals surface area contributed by atoms with Crippen LogP contribution in [0.3, 0.4) is 0 Å². The van der Waals surface area contributed by atoms with Crippen molar-refractivity contribution in [3.63, 3.8) is 0 Å². The first-order valence-corrected chi connectivity index (χ1v) is 10.5. The van der Waals surface area contributed by atoms with Crippen LogP contribution < -0.4 is 15.0 Å². The van der Waals surface area contributed by atoms with Crippen LogP contribution in [0.15, 0.2) is 50.8 Å². The number of halogens is 1. The van der Waals surface area contributed by atoms with Gasteiger partial charge in [0.05, 0.1) is 24.2 Å². The average Bonchev–Trinajstić information content (AvgIpc) is 2.75. The Morgan fingerprint density at radius 3 is 2.74 bits per heavy atom. The van der Waals surface area contributed by atoms with Gasteiger partial charge < -0.3 is 14.6 Å². The lowest BCUT2D eigenvalue weighted by atomic mass is 10.2. The normalized spacial score (nSPS) is 12.3. The molecule has 1 atom stereocenters. The molecule has 162 valence electrons. The first-order valence-electron chi connectivity index (χ1n) is 9.67. The summed E-state index contributed by atoms with van der Waals surface area (Å²) in [5.41, 5.74) is 1.02. The van der Waals surface area contributed by atoms with Crippen LogP contribution in [-0.2, 0) is 11.2 Å². The molecule has 0 saturated carbocycles. The smallest absolute Gasteiger partial charge is 0.344 e. The lowest BCUT2D eigenvalue weighted by Gasteiger charge is -2.14. The van der Waals surface area contributed by atoms with Gasteiger partial charge in [-0.05, 0) is 55.3 Å². The molecule has 0 aliphatic heterocycles. The molecule has 3 rings (SSSR count). The Morgan fingerprint density at radius 2 is 2.06 bits per heavy atom. The number of hydrogen-bond donors (Lipinski definition) is 1. The maximum Gasteiger partial charge on any atom is 0.344 e. The van der Waals surface area contributed by atoms with E-state index in [1.807, 2.05) is 13.0 Å². The number of benzene rings is 2. The highest BCUT2D eigenvalue weighted by molar-refractivity contribution is 9.10. The highest BCUT2D eigenvalue weighted by Crippen LogP contribution is 2.28. The van der Waals surface area contributed by atoms with E-state index in [-0.39, 0.29) is 5.56 Å². The monoisotopic (exact) mass is 487 g/mol. The maximum absolute atomic E-state index is 13.0. The number of hydrogen-bond acceptors (Lipinski definition) is 6. The Labute approximate surface area is 187 Å². The van der Waals surface area contributed by atoms with Crippen LogP contribution in [0.25, 0.3) is 10.9 Å². The van der Waals surface area contributed by atoms with Crippen molar-refractivity contribution in [2.45, 2.75) is 32.8 Å². The number of nitrogens with zero attached hydrogens (tertiary/aromatic N) is 3. The van der Waals surface area contributed by atoms with E-state index in [0.717, 1.165) is 10.9 Å². The van der Waals surface area contributed by atoms with Crippen LogP contribution in [0.2, 0.25) is 0 Å². The van der Waals surface area contributed by atoms with Crippen LogP contribution in [0.5, 0.6) is 11.5 Å². The zero-order valence-corrected chi connectivity index (χ0v) is 18.9. The molecule has 0 aliphatic rings. The number of methoxy groups -OCH3 is 1. The Balaban J connectivity index is 2.00. The lowest BCUT2D eigenvalue weighted by molar-refractivity contribution is -0.144. The minimum absolute atomic E-state index is 0.256. The molecule has 8 nitrogen and oxygen atoms in total. The summed E-state index contributed by atoms with van der Waals surface area (Å²) in [5.74, 6) is 0.154. The fraction of sp³-hybridized carbons (Fsp3) is 0.273. The van der Waals surface area contributed by atoms with Gasteiger partial charge in [0.15, 0.2) is 17.6 Å². The van der Waals surface area contributed by atoms with Crippen LogP contribution in [0.1, 0.15) is 31.7 Å². The summed E-state index contributed by atoms with van der Waals surface area (Å²) in [6.07, 6.45) is 1.92. The molecule has 1 heterocycles. The van der Waals surface area contributed by atoms with Crippen molar-refractivity contribution in [1.82, 2.24) is 9.66 Å². The molecular formula is C22H22BrN3O5. The highest BCUT2D eigenvalue weighted by Gasteiger charge is 2.16. The molecule has 0 radical (unpaired) electrons. The van der Waals surface area contributed by atoms with Gasteiger partial charge in [-0.1, -0.05) is 22.9 Å². The lowest BCUT2D eigenvalue weighted by Crippen LogP contribution is -2.23. The fourth-order valence-electron chi connectivity index (χ4n) is 2.93. The van der Waals surface area contributed by atoms with Crippen molar-refractivity contribution < 1.29 is 19.4 Å².